The standard InChI is InChI=1S/C8H5N3O/c12-4-7-1-6-2-9-5-11-8(6)3-10-7/h1-5H. The Bertz CT molecular complexity index is 427. The van der Waals surface area contributed by atoms with Crippen molar-refractivity contribution in [1.29, 1.82) is 0 Å². The third kappa shape index (κ3) is 1.03. The topological polar surface area (TPSA) is 55.7 Å². The van der Waals surface area contributed by atoms with Gasteiger partial charge in [-0.25, -0.2) is 9.97 Å². The van der Waals surface area contributed by atoms with E-state index in [-0.39, 0.29) is 0 Å². The normalized spacial score (nSPS) is 10.0. The van der Waals surface area contributed by atoms with E-state index in [9.17, 15) is 4.79 Å². The largest absolute Gasteiger partial charge is 0.296 e. The first kappa shape index (κ1) is 6.84. The Morgan fingerprint density at radius 1 is 1.25 bits per heavy atom. The Hall–Kier alpha value is -1.84. The van der Waals surface area contributed by atoms with Gasteiger partial charge in [-0.1, -0.05) is 0 Å². The van der Waals surface area contributed by atoms with Crippen LogP contribution in [0.2, 0.25) is 0 Å². The molecular weight excluding hydrogens is 154 g/mol. The second-order valence-corrected chi connectivity index (χ2v) is 2.31. The van der Waals surface area contributed by atoms with Crippen LogP contribution in [0.1, 0.15) is 10.5 Å². The Labute approximate surface area is 68.3 Å². The zero-order valence-corrected chi connectivity index (χ0v) is 6.14. The fourth-order valence-electron chi connectivity index (χ4n) is 0.966. The van der Waals surface area contributed by atoms with Gasteiger partial charge in [0.2, 0.25) is 0 Å². The lowest BCUT2D eigenvalue weighted by Crippen LogP contribution is -1.88. The second kappa shape index (κ2) is 2.65. The van der Waals surface area contributed by atoms with Crippen molar-refractivity contribution in [3.05, 3.63) is 30.5 Å². The van der Waals surface area contributed by atoms with Crippen LogP contribution in [0, 0.1) is 0 Å². The summed E-state index contributed by atoms with van der Waals surface area (Å²) < 4.78 is 0. The van der Waals surface area contributed by atoms with Gasteiger partial charge < -0.3 is 0 Å². The molecule has 0 radical (unpaired) electrons. The minimum atomic E-state index is 0.400. The highest BCUT2D eigenvalue weighted by Gasteiger charge is 1.95. The maximum absolute atomic E-state index is 10.3. The molecule has 0 N–H and O–H groups in total. The van der Waals surface area contributed by atoms with Crippen molar-refractivity contribution < 1.29 is 4.79 Å². The molecule has 0 fully saturated rings. The van der Waals surface area contributed by atoms with Crippen molar-refractivity contribution in [3.8, 4) is 0 Å². The van der Waals surface area contributed by atoms with Crippen molar-refractivity contribution in [3.63, 3.8) is 0 Å². The minimum Gasteiger partial charge on any atom is -0.296 e. The number of nitrogens with zero attached hydrogens (tertiary/aromatic N) is 3. The predicted molar refractivity (Wildman–Crippen MR) is 42.7 cm³/mol. The van der Waals surface area contributed by atoms with E-state index in [1.165, 1.54) is 6.33 Å². The van der Waals surface area contributed by atoms with Crippen LogP contribution in [0.3, 0.4) is 0 Å². The molecule has 0 amide bonds. The molecule has 0 aliphatic rings. The van der Waals surface area contributed by atoms with Crippen LogP contribution in [-0.2, 0) is 0 Å². The van der Waals surface area contributed by atoms with Crippen LogP contribution in [0.25, 0.3) is 10.9 Å². The molecule has 0 saturated heterocycles. The molecule has 2 aromatic rings. The molecule has 0 aliphatic heterocycles. The van der Waals surface area contributed by atoms with Gasteiger partial charge in [0.1, 0.15) is 12.0 Å². The first-order valence-electron chi connectivity index (χ1n) is 3.41. The summed E-state index contributed by atoms with van der Waals surface area (Å²) in [5.74, 6) is 0. The summed E-state index contributed by atoms with van der Waals surface area (Å²) in [5, 5.41) is 0.828. The molecule has 0 saturated carbocycles. The molecule has 2 heterocycles. The van der Waals surface area contributed by atoms with Crippen LogP contribution in [0.15, 0.2) is 24.8 Å². The van der Waals surface area contributed by atoms with Gasteiger partial charge in [0.25, 0.3) is 0 Å². The minimum absolute atomic E-state index is 0.400. The van der Waals surface area contributed by atoms with Crippen molar-refractivity contribution >= 4 is 17.2 Å². The third-order valence-corrected chi connectivity index (χ3v) is 1.53. The molecular formula is C8H5N3O. The number of hydrogen-bond donors (Lipinski definition) is 0. The fourth-order valence-corrected chi connectivity index (χ4v) is 0.966. The molecule has 0 bridgehead atoms. The predicted octanol–water partition coefficient (Wildman–Crippen LogP) is 0.837. The van der Waals surface area contributed by atoms with Gasteiger partial charge in [-0.2, -0.15) is 0 Å². The Morgan fingerprint density at radius 2 is 2.17 bits per heavy atom. The first-order valence-corrected chi connectivity index (χ1v) is 3.41. The van der Waals surface area contributed by atoms with Crippen LogP contribution in [0.5, 0.6) is 0 Å². The van der Waals surface area contributed by atoms with Gasteiger partial charge in [-0.3, -0.25) is 9.78 Å². The maximum atomic E-state index is 10.3. The van der Waals surface area contributed by atoms with Crippen LogP contribution >= 0.6 is 0 Å². The van der Waals surface area contributed by atoms with E-state index in [4.69, 9.17) is 0 Å². The molecule has 4 nitrogen and oxygen atoms in total. The molecule has 4 heteroatoms. The van der Waals surface area contributed by atoms with Gasteiger partial charge in [0.05, 0.1) is 11.7 Å². The lowest BCUT2D eigenvalue weighted by molar-refractivity contribution is 0.111. The molecule has 0 atom stereocenters. The number of carbonyl (C=O) groups is 1. The molecule has 0 spiro atoms. The molecule has 0 unspecified atom stereocenters. The Balaban J connectivity index is 2.75. The van der Waals surface area contributed by atoms with Gasteiger partial charge in [-0.05, 0) is 6.07 Å². The highest BCUT2D eigenvalue weighted by molar-refractivity contribution is 5.83. The van der Waals surface area contributed by atoms with Crippen LogP contribution in [0.4, 0.5) is 0 Å². The van der Waals surface area contributed by atoms with E-state index in [0.29, 0.717) is 12.0 Å². The summed E-state index contributed by atoms with van der Waals surface area (Å²) in [7, 11) is 0. The summed E-state index contributed by atoms with van der Waals surface area (Å²) >= 11 is 0. The van der Waals surface area contributed by atoms with E-state index >= 15 is 0 Å². The number of pyridine rings is 1. The van der Waals surface area contributed by atoms with Crippen molar-refractivity contribution in [2.24, 2.45) is 0 Å². The van der Waals surface area contributed by atoms with Gasteiger partial charge in [0, 0.05) is 11.6 Å². The Kier molecular flexibility index (Phi) is 1.51. The highest BCUT2D eigenvalue weighted by Crippen LogP contribution is 2.07. The summed E-state index contributed by atoms with van der Waals surface area (Å²) in [6, 6.07) is 1.66. The van der Waals surface area contributed by atoms with E-state index in [1.54, 1.807) is 18.5 Å². The lowest BCUT2D eigenvalue weighted by Gasteiger charge is -1.94. The summed E-state index contributed by atoms with van der Waals surface area (Å²) in [4.78, 5) is 22.0. The zero-order valence-electron chi connectivity index (χ0n) is 6.14. The van der Waals surface area contributed by atoms with Gasteiger partial charge in [0.15, 0.2) is 6.29 Å². The summed E-state index contributed by atoms with van der Waals surface area (Å²) in [6.45, 7) is 0. The van der Waals surface area contributed by atoms with E-state index in [1.807, 2.05) is 0 Å². The lowest BCUT2D eigenvalue weighted by atomic mass is 10.3. The first-order chi connectivity index (χ1) is 5.90. The molecule has 2 aromatic heterocycles. The Morgan fingerprint density at radius 3 is 3.00 bits per heavy atom. The molecule has 2 rings (SSSR count). The quantitative estimate of drug-likeness (QED) is 0.578. The third-order valence-electron chi connectivity index (χ3n) is 1.53. The van der Waals surface area contributed by atoms with E-state index in [0.717, 1.165) is 10.9 Å². The van der Waals surface area contributed by atoms with Crippen LogP contribution in [-0.4, -0.2) is 21.2 Å². The van der Waals surface area contributed by atoms with E-state index in [2.05, 4.69) is 15.0 Å². The molecule has 12 heavy (non-hydrogen) atoms. The number of carbonyl (C=O) groups excluding carboxylic acids is 1. The van der Waals surface area contributed by atoms with E-state index < -0.39 is 0 Å². The van der Waals surface area contributed by atoms with Gasteiger partial charge in [-0.15, -0.1) is 0 Å². The number of fused-ring (bicyclic) bond motifs is 1. The average Bonchev–Trinajstić information content (AvgIpc) is 2.17. The smallest absolute Gasteiger partial charge is 0.168 e. The molecule has 0 aromatic carbocycles. The molecule has 0 aliphatic carbocycles. The number of aromatic nitrogens is 3. The zero-order chi connectivity index (χ0) is 8.39. The number of aldehydes is 1. The second-order valence-electron chi connectivity index (χ2n) is 2.31. The monoisotopic (exact) mass is 159 g/mol. The number of rotatable bonds is 1. The highest BCUT2D eigenvalue weighted by atomic mass is 16.1. The summed E-state index contributed by atoms with van der Waals surface area (Å²) in [5.41, 5.74) is 1.15. The van der Waals surface area contributed by atoms with Crippen LogP contribution < -0.4 is 0 Å². The van der Waals surface area contributed by atoms with Crippen molar-refractivity contribution in [2.45, 2.75) is 0 Å². The summed E-state index contributed by atoms with van der Waals surface area (Å²) in [6.07, 6.45) is 5.36. The van der Waals surface area contributed by atoms with Crippen molar-refractivity contribution in [2.75, 3.05) is 0 Å². The number of hydrogen-bond acceptors (Lipinski definition) is 4. The molecule has 58 valence electrons. The fraction of sp³-hybridized carbons (Fsp3) is 0. The SMILES string of the molecule is O=Cc1cc2cncnc2cn1. The maximum Gasteiger partial charge on any atom is 0.168 e. The van der Waals surface area contributed by atoms with Crippen molar-refractivity contribution in [1.82, 2.24) is 15.0 Å². The van der Waals surface area contributed by atoms with Gasteiger partial charge >= 0.3 is 0 Å². The average molecular weight is 159 g/mol.